The molecule has 5 nitrogen and oxygen atoms in total. The van der Waals surface area contributed by atoms with Gasteiger partial charge in [0.05, 0.1) is 6.54 Å². The minimum absolute atomic E-state index is 0.0936. The molecule has 0 saturated carbocycles. The fraction of sp³-hybridized carbons (Fsp3) is 0.360. The van der Waals surface area contributed by atoms with Crippen molar-refractivity contribution < 1.29 is 9.59 Å². The van der Waals surface area contributed by atoms with Gasteiger partial charge in [-0.3, -0.25) is 9.69 Å². The van der Waals surface area contributed by atoms with Crippen molar-refractivity contribution in [2.45, 2.75) is 52.1 Å². The van der Waals surface area contributed by atoms with Gasteiger partial charge in [0.25, 0.3) is 5.91 Å². The molecule has 0 radical (unpaired) electrons. The van der Waals surface area contributed by atoms with Gasteiger partial charge in [-0.15, -0.1) is 0 Å². The molecule has 1 N–H and O–H groups in total. The van der Waals surface area contributed by atoms with Crippen LogP contribution in [0.15, 0.2) is 42.1 Å². The maximum atomic E-state index is 12.9. The van der Waals surface area contributed by atoms with Crippen molar-refractivity contribution in [3.05, 3.63) is 69.4 Å². The molecule has 1 saturated heterocycles. The first kappa shape index (κ1) is 21.4. The van der Waals surface area contributed by atoms with Crippen LogP contribution in [0, 0.1) is 6.92 Å². The van der Waals surface area contributed by atoms with Crippen LogP contribution in [0.4, 0.5) is 10.5 Å². The van der Waals surface area contributed by atoms with E-state index in [1.165, 1.54) is 16.2 Å². The summed E-state index contributed by atoms with van der Waals surface area (Å²) in [4.78, 5) is 29.0. The third-order valence-corrected chi connectivity index (χ3v) is 6.79. The summed E-state index contributed by atoms with van der Waals surface area (Å²) in [5.74, 6) is 0.0950. The molecule has 1 unspecified atom stereocenters. The molecule has 0 spiro atoms. The Morgan fingerprint density at radius 2 is 1.87 bits per heavy atom. The quantitative estimate of drug-likeness (QED) is 0.512. The number of nitrogens with one attached hydrogen (secondary N) is 1. The molecule has 31 heavy (non-hydrogen) atoms. The van der Waals surface area contributed by atoms with Gasteiger partial charge in [-0.05, 0) is 85.7 Å². The molecule has 2 aromatic rings. The van der Waals surface area contributed by atoms with Crippen molar-refractivity contribution in [1.29, 1.82) is 0 Å². The lowest BCUT2D eigenvalue weighted by atomic mass is 9.79. The van der Waals surface area contributed by atoms with E-state index in [0.717, 1.165) is 23.1 Å². The number of anilines is 1. The second-order valence-corrected chi connectivity index (χ2v) is 9.69. The van der Waals surface area contributed by atoms with Gasteiger partial charge in [-0.25, -0.2) is 4.79 Å². The lowest BCUT2D eigenvalue weighted by Crippen LogP contribution is -2.45. The van der Waals surface area contributed by atoms with Crippen LogP contribution in [-0.2, 0) is 11.3 Å². The van der Waals surface area contributed by atoms with E-state index in [1.54, 1.807) is 18.2 Å². The van der Waals surface area contributed by atoms with Gasteiger partial charge >= 0.3 is 6.03 Å². The number of amides is 3. The maximum absolute atomic E-state index is 12.9. The fourth-order valence-corrected chi connectivity index (χ4v) is 4.66. The first-order valence-corrected chi connectivity index (χ1v) is 10.9. The number of aryl methyl sites for hydroxylation is 1. The number of rotatable bonds is 3. The zero-order chi connectivity index (χ0) is 22.5. The van der Waals surface area contributed by atoms with Crippen molar-refractivity contribution in [1.82, 2.24) is 10.2 Å². The SMILES string of the molecule is Cc1cc2c(cc1/C=C1/NC(=O)N(Cc3ccc(Cl)cc3)C1=O)C(C)CC(C)(C)N2C. The van der Waals surface area contributed by atoms with E-state index < -0.39 is 6.03 Å². The van der Waals surface area contributed by atoms with Crippen LogP contribution >= 0.6 is 11.6 Å². The predicted octanol–water partition coefficient (Wildman–Crippen LogP) is 5.46. The van der Waals surface area contributed by atoms with Crippen molar-refractivity contribution >= 4 is 35.3 Å². The van der Waals surface area contributed by atoms with Crippen LogP contribution in [0.1, 0.15) is 55.4 Å². The first-order chi connectivity index (χ1) is 14.6. The van der Waals surface area contributed by atoms with Gasteiger partial charge in [-0.1, -0.05) is 30.7 Å². The number of imide groups is 1. The molecule has 1 fully saturated rings. The molecule has 4 rings (SSSR count). The number of benzene rings is 2. The zero-order valence-electron chi connectivity index (χ0n) is 18.6. The Bertz CT molecular complexity index is 1090. The summed E-state index contributed by atoms with van der Waals surface area (Å²) in [7, 11) is 2.14. The minimum Gasteiger partial charge on any atom is -0.369 e. The number of fused-ring (bicyclic) bond motifs is 1. The van der Waals surface area contributed by atoms with Crippen LogP contribution in [0.25, 0.3) is 6.08 Å². The van der Waals surface area contributed by atoms with E-state index in [1.807, 2.05) is 19.1 Å². The molecule has 2 aliphatic heterocycles. The number of halogens is 1. The van der Waals surface area contributed by atoms with E-state index in [9.17, 15) is 9.59 Å². The Labute approximate surface area is 188 Å². The highest BCUT2D eigenvalue weighted by molar-refractivity contribution is 6.30. The lowest BCUT2D eigenvalue weighted by Gasteiger charge is -2.45. The summed E-state index contributed by atoms with van der Waals surface area (Å²) in [6.07, 6.45) is 2.85. The fourth-order valence-electron chi connectivity index (χ4n) is 4.53. The second kappa shape index (κ2) is 7.72. The molecule has 1 atom stereocenters. The Balaban J connectivity index is 1.63. The molecule has 6 heteroatoms. The molecule has 2 heterocycles. The molecule has 0 bridgehead atoms. The minimum atomic E-state index is -0.406. The summed E-state index contributed by atoms with van der Waals surface area (Å²) < 4.78 is 0. The molecule has 0 aromatic heterocycles. The number of carbonyl (C=O) groups excluding carboxylic acids is 2. The Morgan fingerprint density at radius 3 is 2.55 bits per heavy atom. The van der Waals surface area contributed by atoms with Crippen molar-refractivity contribution in [3.8, 4) is 0 Å². The van der Waals surface area contributed by atoms with Crippen LogP contribution in [0.5, 0.6) is 0 Å². The second-order valence-electron chi connectivity index (χ2n) is 9.25. The molecule has 3 amide bonds. The summed E-state index contributed by atoms with van der Waals surface area (Å²) in [6, 6.07) is 11.1. The van der Waals surface area contributed by atoms with Gasteiger partial charge in [0.2, 0.25) is 0 Å². The third kappa shape index (κ3) is 3.94. The number of hydrogen-bond acceptors (Lipinski definition) is 3. The molecular weight excluding hydrogens is 410 g/mol. The third-order valence-electron chi connectivity index (χ3n) is 6.54. The summed E-state index contributed by atoms with van der Waals surface area (Å²) >= 11 is 5.93. The predicted molar refractivity (Wildman–Crippen MR) is 125 cm³/mol. The molecule has 2 aliphatic rings. The van der Waals surface area contributed by atoms with E-state index in [-0.39, 0.29) is 18.0 Å². The highest BCUT2D eigenvalue weighted by Gasteiger charge is 2.36. The summed E-state index contributed by atoms with van der Waals surface area (Å²) in [6.45, 7) is 9.02. The number of carbonyl (C=O) groups is 2. The smallest absolute Gasteiger partial charge is 0.329 e. The van der Waals surface area contributed by atoms with Gasteiger partial charge < -0.3 is 10.2 Å². The van der Waals surface area contributed by atoms with E-state index in [2.05, 4.69) is 50.2 Å². The van der Waals surface area contributed by atoms with Crippen LogP contribution < -0.4 is 10.2 Å². The van der Waals surface area contributed by atoms with Gasteiger partial charge in [0.15, 0.2) is 0 Å². The van der Waals surface area contributed by atoms with E-state index in [4.69, 9.17) is 11.6 Å². The largest absolute Gasteiger partial charge is 0.369 e. The number of urea groups is 1. The number of nitrogens with zero attached hydrogens (tertiary/aromatic N) is 2. The molecule has 0 aliphatic carbocycles. The summed E-state index contributed by atoms with van der Waals surface area (Å²) in [5, 5.41) is 3.35. The maximum Gasteiger partial charge on any atom is 0.329 e. The highest BCUT2D eigenvalue weighted by Crippen LogP contribution is 2.43. The Hall–Kier alpha value is -2.79. The average molecular weight is 438 g/mol. The Morgan fingerprint density at radius 1 is 1.19 bits per heavy atom. The van der Waals surface area contributed by atoms with Gasteiger partial charge in [-0.2, -0.15) is 0 Å². The number of hydrogen-bond donors (Lipinski definition) is 1. The summed E-state index contributed by atoms with van der Waals surface area (Å²) in [5.41, 5.74) is 5.77. The molecule has 162 valence electrons. The normalized spacial score (nSPS) is 21.5. The monoisotopic (exact) mass is 437 g/mol. The standard InChI is InChI=1S/C25H28ClN3O2/c1-15-10-22-20(16(2)13-25(3,4)28(22)5)11-18(15)12-21-23(30)29(24(31)27-21)14-17-6-8-19(26)9-7-17/h6-12,16H,13-14H2,1-5H3,(H,27,31)/b21-12+. The van der Waals surface area contributed by atoms with Crippen LogP contribution in [0.3, 0.4) is 0 Å². The van der Waals surface area contributed by atoms with E-state index >= 15 is 0 Å². The van der Waals surface area contributed by atoms with Crippen molar-refractivity contribution in [2.75, 3.05) is 11.9 Å². The van der Waals surface area contributed by atoms with Gasteiger partial charge in [0, 0.05) is 23.3 Å². The topological polar surface area (TPSA) is 52.7 Å². The lowest BCUT2D eigenvalue weighted by molar-refractivity contribution is -0.123. The van der Waals surface area contributed by atoms with Crippen LogP contribution in [0.2, 0.25) is 5.02 Å². The Kier molecular flexibility index (Phi) is 5.34. The molecular formula is C25H28ClN3O2. The van der Waals surface area contributed by atoms with Crippen molar-refractivity contribution in [3.63, 3.8) is 0 Å². The first-order valence-electron chi connectivity index (χ1n) is 10.5. The van der Waals surface area contributed by atoms with E-state index in [0.29, 0.717) is 16.6 Å². The average Bonchev–Trinajstić information content (AvgIpc) is 2.96. The van der Waals surface area contributed by atoms with Crippen LogP contribution in [-0.4, -0.2) is 29.4 Å². The van der Waals surface area contributed by atoms with Crippen molar-refractivity contribution in [2.24, 2.45) is 0 Å². The van der Waals surface area contributed by atoms with Gasteiger partial charge in [0.1, 0.15) is 5.70 Å². The molecule has 2 aromatic carbocycles. The highest BCUT2D eigenvalue weighted by atomic mass is 35.5. The zero-order valence-corrected chi connectivity index (χ0v) is 19.4.